The Balaban J connectivity index is 0. The van der Waals surface area contributed by atoms with Gasteiger partial charge < -0.3 is 4.74 Å². The summed E-state index contributed by atoms with van der Waals surface area (Å²) in [6.45, 7) is 12.0. The van der Waals surface area contributed by atoms with Gasteiger partial charge in [-0.15, -0.1) is 0 Å². The Morgan fingerprint density at radius 2 is 1.35 bits per heavy atom. The van der Waals surface area contributed by atoms with Gasteiger partial charge in [-0.25, -0.2) is 0 Å². The van der Waals surface area contributed by atoms with E-state index in [1.54, 1.807) is 13.3 Å². The van der Waals surface area contributed by atoms with Crippen LogP contribution in [0.4, 0.5) is 0 Å². The third-order valence-electron chi connectivity index (χ3n) is 4.47. The third kappa shape index (κ3) is 24.6. The van der Waals surface area contributed by atoms with Crippen molar-refractivity contribution in [2.75, 3.05) is 12.4 Å². The number of hydrogen-bond donors (Lipinski definition) is 1. The van der Waals surface area contributed by atoms with Gasteiger partial charge in [0.1, 0.15) is 0 Å². The molecule has 26 heavy (non-hydrogen) atoms. The van der Waals surface area contributed by atoms with Crippen LogP contribution in [0.25, 0.3) is 0 Å². The fraction of sp³-hybridized carbons (Fsp3) is 0.955. The van der Waals surface area contributed by atoms with Crippen molar-refractivity contribution >= 4 is 38.4 Å². The molecule has 0 aliphatic rings. The molecule has 0 atom stereocenters. The van der Waals surface area contributed by atoms with Crippen LogP contribution in [0.2, 0.25) is 13.3 Å². The number of carbonyl (C=O) groups excluding carboxylic acids is 1. The summed E-state index contributed by atoms with van der Waals surface area (Å²) in [7, 11) is 0. The summed E-state index contributed by atoms with van der Waals surface area (Å²) >= 11 is 2.97. The Morgan fingerprint density at radius 3 is 1.73 bits per heavy atom. The van der Waals surface area contributed by atoms with E-state index in [2.05, 4.69) is 47.2 Å². The van der Waals surface area contributed by atoms with Crippen molar-refractivity contribution in [1.82, 2.24) is 0 Å². The minimum absolute atomic E-state index is 0.187. The number of ether oxygens (including phenoxy) is 1. The topological polar surface area (TPSA) is 26.3 Å². The second-order valence-electron chi connectivity index (χ2n) is 7.68. The molecular formula is C22H47O2SSn. The molecule has 1 radical (unpaired) electrons. The van der Waals surface area contributed by atoms with Crippen molar-refractivity contribution in [3.05, 3.63) is 0 Å². The van der Waals surface area contributed by atoms with Crippen molar-refractivity contribution in [3.8, 4) is 0 Å². The molecule has 0 rings (SSSR count). The minimum atomic E-state index is -0.839. The summed E-state index contributed by atoms with van der Waals surface area (Å²) in [5.41, 5.74) is 0. The number of carbonyl (C=O) groups is 1. The molecule has 0 aromatic rings. The molecule has 0 fully saturated rings. The SMILES string of the molecule is CC(C)CCCCCOC(=O)CS.CCC[CH2][Sn]([CH2]CCC)[CH2]CCC. The van der Waals surface area contributed by atoms with E-state index in [0.29, 0.717) is 6.61 Å². The summed E-state index contributed by atoms with van der Waals surface area (Å²) in [5, 5.41) is 0. The van der Waals surface area contributed by atoms with Gasteiger partial charge in [0.05, 0.1) is 12.4 Å². The molecule has 0 N–H and O–H groups in total. The summed E-state index contributed by atoms with van der Waals surface area (Å²) in [6, 6.07) is 0. The molecule has 0 spiro atoms. The number of unbranched alkanes of at least 4 members (excludes halogenated alkanes) is 5. The van der Waals surface area contributed by atoms with Crippen LogP contribution in [0.5, 0.6) is 0 Å². The van der Waals surface area contributed by atoms with E-state index >= 15 is 0 Å². The Hall–Kier alpha value is 0.619. The third-order valence-corrected chi connectivity index (χ3v) is 13.8. The van der Waals surface area contributed by atoms with E-state index in [1.807, 2.05) is 0 Å². The Morgan fingerprint density at radius 1 is 0.846 bits per heavy atom. The molecule has 2 nitrogen and oxygen atoms in total. The predicted molar refractivity (Wildman–Crippen MR) is 123 cm³/mol. The molecular weight excluding hydrogens is 447 g/mol. The van der Waals surface area contributed by atoms with Crippen LogP contribution < -0.4 is 0 Å². The van der Waals surface area contributed by atoms with Gasteiger partial charge in [-0.05, 0) is 12.3 Å². The van der Waals surface area contributed by atoms with Crippen molar-refractivity contribution < 1.29 is 9.53 Å². The van der Waals surface area contributed by atoms with Gasteiger partial charge in [0.15, 0.2) is 0 Å². The molecule has 0 unspecified atom stereocenters. The van der Waals surface area contributed by atoms with Gasteiger partial charge in [0.25, 0.3) is 0 Å². The zero-order chi connectivity index (χ0) is 20.0. The first kappa shape index (κ1) is 28.8. The first-order chi connectivity index (χ1) is 12.5. The standard InChI is InChI=1S/C10H20O2S.3C4H9.Sn/c1-9(2)6-4-3-5-7-12-10(11)8-13;3*1-3-4-2;/h9,13H,3-8H2,1-2H3;3*1,3-4H2,2H3;. The van der Waals surface area contributed by atoms with E-state index in [9.17, 15) is 4.79 Å². The predicted octanol–water partition coefficient (Wildman–Crippen LogP) is 7.56. The average Bonchev–Trinajstić information content (AvgIpc) is 2.64. The summed E-state index contributed by atoms with van der Waals surface area (Å²) in [5.74, 6) is 0.749. The zero-order valence-corrected chi connectivity index (χ0v) is 22.2. The Kier molecular flexibility index (Phi) is 26.2. The van der Waals surface area contributed by atoms with Gasteiger partial charge in [0.2, 0.25) is 0 Å². The van der Waals surface area contributed by atoms with Crippen LogP contribution in [0, 0.1) is 5.92 Å². The van der Waals surface area contributed by atoms with Crippen molar-refractivity contribution in [3.63, 3.8) is 0 Å². The summed E-state index contributed by atoms with van der Waals surface area (Å²) < 4.78 is 9.92. The fourth-order valence-electron chi connectivity index (χ4n) is 2.72. The van der Waals surface area contributed by atoms with E-state index in [0.717, 1.165) is 18.8 Å². The van der Waals surface area contributed by atoms with Crippen LogP contribution >= 0.6 is 12.6 Å². The maximum atomic E-state index is 10.7. The van der Waals surface area contributed by atoms with E-state index in [1.165, 1.54) is 51.4 Å². The number of rotatable bonds is 16. The molecule has 0 bridgehead atoms. The van der Waals surface area contributed by atoms with E-state index in [-0.39, 0.29) is 11.7 Å². The Bertz CT molecular complexity index is 266. The maximum absolute atomic E-state index is 10.7. The van der Waals surface area contributed by atoms with Crippen LogP contribution in [0.3, 0.4) is 0 Å². The van der Waals surface area contributed by atoms with Crippen LogP contribution in [-0.4, -0.2) is 38.1 Å². The normalized spacial score (nSPS) is 10.8. The van der Waals surface area contributed by atoms with Crippen molar-refractivity contribution in [2.24, 2.45) is 5.92 Å². The molecule has 0 aromatic heterocycles. The van der Waals surface area contributed by atoms with Crippen LogP contribution in [-0.2, 0) is 9.53 Å². The van der Waals surface area contributed by atoms with E-state index in [4.69, 9.17) is 4.74 Å². The number of esters is 1. The molecule has 0 aliphatic heterocycles. The van der Waals surface area contributed by atoms with Gasteiger partial charge in [-0.2, -0.15) is 12.6 Å². The second-order valence-corrected chi connectivity index (χ2v) is 16.6. The number of thiol groups is 1. The molecule has 0 amide bonds. The molecule has 0 aliphatic carbocycles. The van der Waals surface area contributed by atoms with Crippen LogP contribution in [0.15, 0.2) is 0 Å². The first-order valence-corrected chi connectivity index (χ1v) is 17.8. The Labute approximate surface area is 177 Å². The van der Waals surface area contributed by atoms with Crippen molar-refractivity contribution in [1.29, 1.82) is 0 Å². The summed E-state index contributed by atoms with van der Waals surface area (Å²) in [6.07, 6.45) is 13.5. The van der Waals surface area contributed by atoms with E-state index < -0.39 is 19.8 Å². The first-order valence-electron chi connectivity index (χ1n) is 11.1. The average molecular weight is 494 g/mol. The molecule has 4 heteroatoms. The fourth-order valence-corrected chi connectivity index (χ4v) is 12.3. The second kappa shape index (κ2) is 23.7. The van der Waals surface area contributed by atoms with Crippen molar-refractivity contribution in [2.45, 2.75) is 112 Å². The molecule has 0 aromatic carbocycles. The monoisotopic (exact) mass is 495 g/mol. The van der Waals surface area contributed by atoms with Gasteiger partial charge in [-0.1, -0.05) is 33.1 Å². The van der Waals surface area contributed by atoms with Crippen LogP contribution in [0.1, 0.15) is 98.8 Å². The molecule has 0 saturated carbocycles. The van der Waals surface area contributed by atoms with Gasteiger partial charge >= 0.3 is 98.3 Å². The quantitative estimate of drug-likeness (QED) is 0.104. The number of hydrogen-bond acceptors (Lipinski definition) is 3. The molecule has 0 saturated heterocycles. The summed E-state index contributed by atoms with van der Waals surface area (Å²) in [4.78, 5) is 10.7. The molecule has 157 valence electrons. The van der Waals surface area contributed by atoms with Gasteiger partial charge in [-0.3, -0.25) is 4.79 Å². The zero-order valence-electron chi connectivity index (χ0n) is 18.4. The molecule has 0 heterocycles. The van der Waals surface area contributed by atoms with Gasteiger partial charge in [0, 0.05) is 0 Å².